The average molecular weight is 294 g/mol. The molecule has 1 N–H and O–H groups in total. The molecule has 2 heteroatoms. The van der Waals surface area contributed by atoms with E-state index in [4.69, 9.17) is 4.74 Å². The maximum atomic E-state index is 9.92. The lowest BCUT2D eigenvalue weighted by atomic mass is 9.50. The molecule has 4 rings (SSSR count). The normalized spacial score (nSPS) is 39.0. The molecule has 0 atom stereocenters. The lowest BCUT2D eigenvalue weighted by Gasteiger charge is -2.57. The van der Waals surface area contributed by atoms with E-state index in [-0.39, 0.29) is 5.60 Å². The summed E-state index contributed by atoms with van der Waals surface area (Å²) in [5.74, 6) is 3.00. The first kappa shape index (κ1) is 15.8. The molecule has 4 bridgehead atoms. The van der Waals surface area contributed by atoms with Crippen molar-refractivity contribution < 1.29 is 9.84 Å². The first-order valence-corrected chi connectivity index (χ1v) is 9.01. The summed E-state index contributed by atoms with van der Waals surface area (Å²) in [6.07, 6.45) is 10.5. The van der Waals surface area contributed by atoms with Crippen LogP contribution in [-0.2, 0) is 4.74 Å². The standard InChI is InChI=1S/C19H34O2/c1-17(2,20)5-6-18(3,4)21-13-19-10-14-7-15(11-19)9-16(8-14)12-19/h14-16,20H,5-13H2,1-4H3. The summed E-state index contributed by atoms with van der Waals surface area (Å²) in [5.41, 5.74) is -0.189. The Morgan fingerprint density at radius 1 is 0.905 bits per heavy atom. The van der Waals surface area contributed by atoms with Crippen LogP contribution in [-0.4, -0.2) is 22.9 Å². The second kappa shape index (κ2) is 5.23. The third-order valence-corrected chi connectivity index (χ3v) is 6.27. The Balaban J connectivity index is 1.55. The number of hydrogen-bond donors (Lipinski definition) is 1. The van der Waals surface area contributed by atoms with E-state index in [0.717, 1.165) is 37.2 Å². The van der Waals surface area contributed by atoms with E-state index in [2.05, 4.69) is 13.8 Å². The second-order valence-corrected chi connectivity index (χ2v) is 9.78. The molecule has 0 aromatic rings. The number of hydrogen-bond acceptors (Lipinski definition) is 2. The number of aliphatic hydroxyl groups is 1. The molecule has 21 heavy (non-hydrogen) atoms. The molecule has 4 saturated carbocycles. The van der Waals surface area contributed by atoms with Crippen molar-refractivity contribution in [3.05, 3.63) is 0 Å². The van der Waals surface area contributed by atoms with Crippen molar-refractivity contribution in [1.82, 2.24) is 0 Å². The summed E-state index contributed by atoms with van der Waals surface area (Å²) >= 11 is 0. The van der Waals surface area contributed by atoms with Crippen LogP contribution in [0.25, 0.3) is 0 Å². The molecule has 0 radical (unpaired) electrons. The fraction of sp³-hybridized carbons (Fsp3) is 1.00. The van der Waals surface area contributed by atoms with Gasteiger partial charge in [-0.25, -0.2) is 0 Å². The molecule has 0 aromatic heterocycles. The average Bonchev–Trinajstić information content (AvgIpc) is 2.32. The van der Waals surface area contributed by atoms with Crippen LogP contribution in [0.1, 0.15) is 79.1 Å². The minimum atomic E-state index is -0.582. The Hall–Kier alpha value is -0.0800. The fourth-order valence-corrected chi connectivity index (χ4v) is 5.49. The molecular weight excluding hydrogens is 260 g/mol. The van der Waals surface area contributed by atoms with E-state index in [1.807, 2.05) is 13.8 Å². The van der Waals surface area contributed by atoms with E-state index in [0.29, 0.717) is 5.41 Å². The van der Waals surface area contributed by atoms with Gasteiger partial charge in [-0.3, -0.25) is 0 Å². The third-order valence-electron chi connectivity index (χ3n) is 6.27. The monoisotopic (exact) mass is 294 g/mol. The van der Waals surface area contributed by atoms with Gasteiger partial charge >= 0.3 is 0 Å². The van der Waals surface area contributed by atoms with Crippen LogP contribution < -0.4 is 0 Å². The quantitative estimate of drug-likeness (QED) is 0.779. The zero-order valence-electron chi connectivity index (χ0n) is 14.5. The highest BCUT2D eigenvalue weighted by Crippen LogP contribution is 2.60. The summed E-state index contributed by atoms with van der Waals surface area (Å²) in [6, 6.07) is 0. The van der Waals surface area contributed by atoms with E-state index in [1.165, 1.54) is 38.5 Å². The Bertz CT molecular complexity index is 342. The molecule has 0 aromatic carbocycles. The summed E-state index contributed by atoms with van der Waals surface area (Å²) in [4.78, 5) is 0. The molecule has 0 unspecified atom stereocenters. The molecule has 0 saturated heterocycles. The minimum Gasteiger partial charge on any atom is -0.390 e. The highest BCUT2D eigenvalue weighted by atomic mass is 16.5. The van der Waals surface area contributed by atoms with Crippen LogP contribution in [0.5, 0.6) is 0 Å². The van der Waals surface area contributed by atoms with Crippen LogP contribution in [0, 0.1) is 23.2 Å². The maximum absolute atomic E-state index is 9.92. The molecule has 2 nitrogen and oxygen atoms in total. The van der Waals surface area contributed by atoms with Gasteiger partial charge in [0.15, 0.2) is 0 Å². The van der Waals surface area contributed by atoms with Crippen LogP contribution >= 0.6 is 0 Å². The van der Waals surface area contributed by atoms with E-state index < -0.39 is 5.60 Å². The third kappa shape index (κ3) is 3.82. The summed E-state index contributed by atoms with van der Waals surface area (Å²) in [7, 11) is 0. The van der Waals surface area contributed by atoms with Gasteiger partial charge in [0.2, 0.25) is 0 Å². The molecule has 0 amide bonds. The molecule has 122 valence electrons. The van der Waals surface area contributed by atoms with Gasteiger partial charge in [-0.05, 0) is 102 Å². The first-order valence-electron chi connectivity index (χ1n) is 9.01. The molecule has 0 spiro atoms. The molecule has 0 heterocycles. The largest absolute Gasteiger partial charge is 0.390 e. The van der Waals surface area contributed by atoms with Gasteiger partial charge in [0, 0.05) is 0 Å². The van der Waals surface area contributed by atoms with Gasteiger partial charge in [0.25, 0.3) is 0 Å². The smallest absolute Gasteiger partial charge is 0.0627 e. The fourth-order valence-electron chi connectivity index (χ4n) is 5.49. The molecule has 4 fully saturated rings. The van der Waals surface area contributed by atoms with Crippen molar-refractivity contribution in [2.75, 3.05) is 6.61 Å². The van der Waals surface area contributed by atoms with Crippen LogP contribution in [0.2, 0.25) is 0 Å². The maximum Gasteiger partial charge on any atom is 0.0627 e. The Morgan fingerprint density at radius 2 is 1.38 bits per heavy atom. The summed E-state index contributed by atoms with van der Waals surface area (Å²) in [6.45, 7) is 9.12. The lowest BCUT2D eigenvalue weighted by molar-refractivity contribution is -0.137. The van der Waals surface area contributed by atoms with Crippen molar-refractivity contribution in [1.29, 1.82) is 0 Å². The van der Waals surface area contributed by atoms with Gasteiger partial charge in [-0.15, -0.1) is 0 Å². The minimum absolute atomic E-state index is 0.108. The predicted molar refractivity (Wildman–Crippen MR) is 86.2 cm³/mol. The first-order chi connectivity index (χ1) is 9.65. The number of ether oxygens (including phenoxy) is 1. The highest BCUT2D eigenvalue weighted by Gasteiger charge is 2.51. The van der Waals surface area contributed by atoms with Crippen molar-refractivity contribution in [2.24, 2.45) is 23.2 Å². The van der Waals surface area contributed by atoms with Gasteiger partial charge in [0.1, 0.15) is 0 Å². The van der Waals surface area contributed by atoms with Gasteiger partial charge in [-0.1, -0.05) is 0 Å². The molecule has 4 aliphatic rings. The van der Waals surface area contributed by atoms with Gasteiger partial charge in [-0.2, -0.15) is 0 Å². The van der Waals surface area contributed by atoms with Crippen LogP contribution in [0.15, 0.2) is 0 Å². The van der Waals surface area contributed by atoms with Crippen molar-refractivity contribution in [3.8, 4) is 0 Å². The molecule has 0 aliphatic heterocycles. The van der Waals surface area contributed by atoms with Gasteiger partial charge < -0.3 is 9.84 Å². The van der Waals surface area contributed by atoms with Crippen molar-refractivity contribution in [3.63, 3.8) is 0 Å². The summed E-state index contributed by atoms with van der Waals surface area (Å²) in [5, 5.41) is 9.92. The van der Waals surface area contributed by atoms with Crippen LogP contribution in [0.3, 0.4) is 0 Å². The molecule has 4 aliphatic carbocycles. The second-order valence-electron chi connectivity index (χ2n) is 9.78. The topological polar surface area (TPSA) is 29.5 Å². The van der Waals surface area contributed by atoms with Crippen molar-refractivity contribution in [2.45, 2.75) is 90.3 Å². The molecular formula is C19H34O2. The van der Waals surface area contributed by atoms with E-state index in [1.54, 1.807) is 0 Å². The van der Waals surface area contributed by atoms with Gasteiger partial charge in [0.05, 0.1) is 17.8 Å². The highest BCUT2D eigenvalue weighted by molar-refractivity contribution is 5.01. The van der Waals surface area contributed by atoms with Crippen LogP contribution in [0.4, 0.5) is 0 Å². The van der Waals surface area contributed by atoms with E-state index in [9.17, 15) is 5.11 Å². The Labute approximate surface area is 130 Å². The predicted octanol–water partition coefficient (Wildman–Crippen LogP) is 4.55. The Morgan fingerprint density at radius 3 is 1.81 bits per heavy atom. The van der Waals surface area contributed by atoms with Crippen molar-refractivity contribution >= 4 is 0 Å². The van der Waals surface area contributed by atoms with E-state index >= 15 is 0 Å². The Kier molecular flexibility index (Phi) is 3.94. The zero-order valence-corrected chi connectivity index (χ0v) is 14.5. The lowest BCUT2D eigenvalue weighted by Crippen LogP contribution is -2.49. The zero-order chi connectivity index (χ0) is 15.3. The summed E-state index contributed by atoms with van der Waals surface area (Å²) < 4.78 is 6.40. The SMILES string of the molecule is CC(C)(O)CCC(C)(C)OCC12CC3CC(CC(C3)C1)C2. The number of rotatable bonds is 6.